The van der Waals surface area contributed by atoms with Gasteiger partial charge in [0.25, 0.3) is 0 Å². The Morgan fingerprint density at radius 1 is 1.41 bits per heavy atom. The van der Waals surface area contributed by atoms with Gasteiger partial charge in [-0.1, -0.05) is 12.5 Å². The zero-order valence-electron chi connectivity index (χ0n) is 9.89. The predicted octanol–water partition coefficient (Wildman–Crippen LogP) is 1.61. The largest absolute Gasteiger partial charge is 0.326 e. The van der Waals surface area contributed by atoms with Crippen molar-refractivity contribution in [3.8, 4) is 0 Å². The van der Waals surface area contributed by atoms with E-state index in [4.69, 9.17) is 5.73 Å². The summed E-state index contributed by atoms with van der Waals surface area (Å²) in [5.74, 6) is 1.12. The summed E-state index contributed by atoms with van der Waals surface area (Å²) in [6.07, 6.45) is 7.77. The van der Waals surface area contributed by atoms with Crippen LogP contribution in [0.25, 0.3) is 5.52 Å². The fourth-order valence-electron chi connectivity index (χ4n) is 2.51. The Bertz CT molecular complexity index is 511. The van der Waals surface area contributed by atoms with Crippen LogP contribution in [-0.2, 0) is 6.54 Å². The normalized spacial score (nSPS) is 20.9. The number of nitrogens with zero attached hydrogens (tertiary/aromatic N) is 2. The zero-order valence-corrected chi connectivity index (χ0v) is 9.89. The third-order valence-electron chi connectivity index (χ3n) is 3.47. The molecule has 1 saturated heterocycles. The molecule has 3 heterocycles. The molecule has 3 N–H and O–H groups in total. The Hall–Kier alpha value is -1.39. The Morgan fingerprint density at radius 2 is 2.35 bits per heavy atom. The Balaban J connectivity index is 2.02. The molecule has 4 nitrogen and oxygen atoms in total. The summed E-state index contributed by atoms with van der Waals surface area (Å²) >= 11 is 0. The van der Waals surface area contributed by atoms with E-state index in [1.165, 1.54) is 19.3 Å². The molecule has 1 atom stereocenters. The average Bonchev–Trinajstić information content (AvgIpc) is 2.82. The standard InChI is InChI=1S/C13H18N4/c14-7-10-4-5-11-8-16-13(17(11)9-10)12-3-1-2-6-15-12/h4-5,8-9,12,15H,1-3,6-7,14H2. The first-order valence-corrected chi connectivity index (χ1v) is 6.28. The number of hydrogen-bond donors (Lipinski definition) is 2. The number of nitrogens with one attached hydrogen (secondary N) is 1. The lowest BCUT2D eigenvalue weighted by Gasteiger charge is -2.22. The minimum atomic E-state index is 0.388. The van der Waals surface area contributed by atoms with E-state index in [-0.39, 0.29) is 0 Å². The third-order valence-corrected chi connectivity index (χ3v) is 3.47. The smallest absolute Gasteiger partial charge is 0.130 e. The van der Waals surface area contributed by atoms with Crippen molar-refractivity contribution in [2.75, 3.05) is 6.54 Å². The first-order chi connectivity index (χ1) is 8.38. The molecule has 17 heavy (non-hydrogen) atoms. The summed E-state index contributed by atoms with van der Waals surface area (Å²) in [6, 6.07) is 4.54. The van der Waals surface area contributed by atoms with Gasteiger partial charge in [-0.3, -0.25) is 0 Å². The molecule has 2 aromatic rings. The van der Waals surface area contributed by atoms with Gasteiger partial charge in [-0.15, -0.1) is 0 Å². The number of fused-ring (bicyclic) bond motifs is 1. The predicted molar refractivity (Wildman–Crippen MR) is 67.7 cm³/mol. The van der Waals surface area contributed by atoms with E-state index in [2.05, 4.69) is 33.0 Å². The van der Waals surface area contributed by atoms with E-state index in [1.54, 1.807) is 0 Å². The molecule has 0 saturated carbocycles. The van der Waals surface area contributed by atoms with Gasteiger partial charge in [0.2, 0.25) is 0 Å². The fraction of sp³-hybridized carbons (Fsp3) is 0.462. The first kappa shape index (κ1) is 10.7. The van der Waals surface area contributed by atoms with Crippen molar-refractivity contribution in [1.29, 1.82) is 0 Å². The van der Waals surface area contributed by atoms with Gasteiger partial charge in [0.15, 0.2) is 0 Å². The highest BCUT2D eigenvalue weighted by molar-refractivity contribution is 5.47. The molecule has 1 fully saturated rings. The summed E-state index contributed by atoms with van der Waals surface area (Å²) < 4.78 is 2.17. The van der Waals surface area contributed by atoms with E-state index in [1.807, 2.05) is 6.20 Å². The Labute approximate surface area is 101 Å². The highest BCUT2D eigenvalue weighted by Gasteiger charge is 2.18. The number of hydrogen-bond acceptors (Lipinski definition) is 3. The van der Waals surface area contributed by atoms with Gasteiger partial charge in [0, 0.05) is 12.7 Å². The monoisotopic (exact) mass is 230 g/mol. The number of aromatic nitrogens is 2. The molecule has 0 spiro atoms. The van der Waals surface area contributed by atoms with Gasteiger partial charge >= 0.3 is 0 Å². The molecular formula is C13H18N4. The van der Waals surface area contributed by atoms with Gasteiger partial charge in [0.05, 0.1) is 17.8 Å². The summed E-state index contributed by atoms with van der Waals surface area (Å²) in [5.41, 5.74) is 7.98. The topological polar surface area (TPSA) is 55.3 Å². The second-order valence-corrected chi connectivity index (χ2v) is 4.66. The molecular weight excluding hydrogens is 212 g/mol. The summed E-state index contributed by atoms with van der Waals surface area (Å²) in [6.45, 7) is 1.67. The summed E-state index contributed by atoms with van der Waals surface area (Å²) in [4.78, 5) is 4.55. The molecule has 0 bridgehead atoms. The Kier molecular flexibility index (Phi) is 2.82. The van der Waals surface area contributed by atoms with Gasteiger partial charge in [-0.25, -0.2) is 4.98 Å². The van der Waals surface area contributed by atoms with E-state index >= 15 is 0 Å². The minimum absolute atomic E-state index is 0.388. The van der Waals surface area contributed by atoms with E-state index in [0.29, 0.717) is 12.6 Å². The molecule has 0 radical (unpaired) electrons. The highest BCUT2D eigenvalue weighted by atomic mass is 15.1. The van der Waals surface area contributed by atoms with Crippen LogP contribution in [0.2, 0.25) is 0 Å². The maximum Gasteiger partial charge on any atom is 0.130 e. The van der Waals surface area contributed by atoms with Crippen LogP contribution in [-0.4, -0.2) is 15.9 Å². The van der Waals surface area contributed by atoms with Crippen molar-refractivity contribution in [2.24, 2.45) is 5.73 Å². The van der Waals surface area contributed by atoms with Crippen LogP contribution in [0.3, 0.4) is 0 Å². The van der Waals surface area contributed by atoms with Crippen LogP contribution in [0.4, 0.5) is 0 Å². The second kappa shape index (κ2) is 4.47. The number of pyridine rings is 1. The highest BCUT2D eigenvalue weighted by Crippen LogP contribution is 2.23. The molecule has 3 rings (SSSR count). The fourth-order valence-corrected chi connectivity index (χ4v) is 2.51. The van der Waals surface area contributed by atoms with Crippen LogP contribution in [0.15, 0.2) is 24.5 Å². The summed E-state index contributed by atoms with van der Waals surface area (Å²) in [5, 5.41) is 3.54. The molecule has 1 unspecified atom stereocenters. The lowest BCUT2D eigenvalue weighted by molar-refractivity contribution is 0.396. The molecule has 0 amide bonds. The quantitative estimate of drug-likeness (QED) is 0.824. The van der Waals surface area contributed by atoms with Crippen molar-refractivity contribution in [1.82, 2.24) is 14.7 Å². The molecule has 4 heteroatoms. The van der Waals surface area contributed by atoms with Crippen molar-refractivity contribution in [2.45, 2.75) is 31.8 Å². The number of nitrogens with two attached hydrogens (primary N) is 1. The van der Waals surface area contributed by atoms with Crippen molar-refractivity contribution in [3.05, 3.63) is 35.9 Å². The van der Waals surface area contributed by atoms with Gasteiger partial charge in [-0.2, -0.15) is 0 Å². The summed E-state index contributed by atoms with van der Waals surface area (Å²) in [7, 11) is 0. The third kappa shape index (κ3) is 1.94. The molecule has 0 aromatic carbocycles. The molecule has 1 aliphatic rings. The lowest BCUT2D eigenvalue weighted by Crippen LogP contribution is -2.28. The van der Waals surface area contributed by atoms with E-state index < -0.39 is 0 Å². The van der Waals surface area contributed by atoms with Crippen molar-refractivity contribution >= 4 is 5.52 Å². The van der Waals surface area contributed by atoms with Gasteiger partial charge in [0.1, 0.15) is 5.82 Å². The van der Waals surface area contributed by atoms with Crippen LogP contribution < -0.4 is 11.1 Å². The number of piperidine rings is 1. The van der Waals surface area contributed by atoms with Gasteiger partial charge in [-0.05, 0) is 31.0 Å². The van der Waals surface area contributed by atoms with E-state index in [0.717, 1.165) is 23.4 Å². The van der Waals surface area contributed by atoms with E-state index in [9.17, 15) is 0 Å². The molecule has 2 aromatic heterocycles. The SMILES string of the molecule is NCc1ccc2cnc(C3CCCCN3)n2c1. The molecule has 0 aliphatic carbocycles. The maximum atomic E-state index is 5.69. The Morgan fingerprint density at radius 3 is 3.12 bits per heavy atom. The second-order valence-electron chi connectivity index (χ2n) is 4.66. The van der Waals surface area contributed by atoms with Crippen LogP contribution in [0.5, 0.6) is 0 Å². The van der Waals surface area contributed by atoms with Crippen LogP contribution >= 0.6 is 0 Å². The lowest BCUT2D eigenvalue weighted by atomic mass is 10.0. The molecule has 1 aliphatic heterocycles. The van der Waals surface area contributed by atoms with Crippen molar-refractivity contribution < 1.29 is 0 Å². The average molecular weight is 230 g/mol. The minimum Gasteiger partial charge on any atom is -0.326 e. The first-order valence-electron chi connectivity index (χ1n) is 6.28. The number of rotatable bonds is 2. The van der Waals surface area contributed by atoms with Crippen LogP contribution in [0.1, 0.15) is 36.7 Å². The maximum absolute atomic E-state index is 5.69. The number of imidazole rings is 1. The zero-order chi connectivity index (χ0) is 11.7. The molecule has 90 valence electrons. The van der Waals surface area contributed by atoms with Crippen LogP contribution in [0, 0.1) is 0 Å². The van der Waals surface area contributed by atoms with Gasteiger partial charge < -0.3 is 15.5 Å². The van der Waals surface area contributed by atoms with Crippen molar-refractivity contribution in [3.63, 3.8) is 0 Å².